The number of carbonyl (C=O) groups excluding carboxylic acids is 2. The molecular weight excluding hydrogens is 405 g/mol. The molecule has 4 rings (SSSR count). The van der Waals surface area contributed by atoms with Crippen LogP contribution in [0.1, 0.15) is 0 Å². The third kappa shape index (κ3) is 3.35. The number of nitrogens with zero attached hydrogens (tertiary/aromatic N) is 3. The van der Waals surface area contributed by atoms with E-state index in [9.17, 15) is 22.8 Å². The Morgan fingerprint density at radius 2 is 1.72 bits per heavy atom. The average Bonchev–Trinajstić information content (AvgIpc) is 3.19. The van der Waals surface area contributed by atoms with Crippen molar-refractivity contribution in [1.82, 2.24) is 5.32 Å². The number of nitrogens with one attached hydrogen (secondary N) is 1. The van der Waals surface area contributed by atoms with E-state index in [-0.39, 0.29) is 5.57 Å². The molecule has 10 heteroatoms. The van der Waals surface area contributed by atoms with Crippen LogP contribution in [0.5, 0.6) is 0 Å². The Kier molecular flexibility index (Phi) is 4.58. The van der Waals surface area contributed by atoms with Gasteiger partial charge >= 0.3 is 12.1 Å². The second kappa shape index (κ2) is 6.96. The summed E-state index contributed by atoms with van der Waals surface area (Å²) in [5.74, 6) is -3.26. The second-order valence-electron chi connectivity index (χ2n) is 6.16. The number of halogens is 3. The highest BCUT2D eigenvalue weighted by Gasteiger charge is 2.44. The summed E-state index contributed by atoms with van der Waals surface area (Å²) in [6.07, 6.45) is -5.11. The highest BCUT2D eigenvalue weighted by molar-refractivity contribution is 8.03. The predicted molar refractivity (Wildman–Crippen MR) is 103 cm³/mol. The van der Waals surface area contributed by atoms with Gasteiger partial charge in [0.15, 0.2) is 5.84 Å². The number of amides is 2. The molecule has 2 aromatic rings. The summed E-state index contributed by atoms with van der Waals surface area (Å²) in [4.78, 5) is 27.2. The van der Waals surface area contributed by atoms with Crippen LogP contribution in [0.15, 0.2) is 75.2 Å². The van der Waals surface area contributed by atoms with Gasteiger partial charge in [0.25, 0.3) is 5.91 Å². The maximum atomic E-state index is 13.1. The lowest BCUT2D eigenvalue weighted by molar-refractivity contribution is -0.171. The van der Waals surface area contributed by atoms with Gasteiger partial charge < -0.3 is 10.2 Å². The van der Waals surface area contributed by atoms with Crippen molar-refractivity contribution in [3.05, 3.63) is 65.2 Å². The number of hydrogen-bond acceptors (Lipinski definition) is 5. The van der Waals surface area contributed by atoms with Crippen LogP contribution >= 0.6 is 11.8 Å². The molecule has 2 aliphatic rings. The first-order chi connectivity index (χ1) is 13.8. The fraction of sp³-hybridized carbons (Fsp3) is 0.105. The number of benzene rings is 2. The van der Waals surface area contributed by atoms with Crippen molar-refractivity contribution in [3.8, 4) is 0 Å². The SMILES string of the molecule is CN1C(=C2C(=O)N(c3ccccc3)N=C2NC(=O)C(F)(F)F)Sc2ccccc21. The normalized spacial score (nSPS) is 18.8. The zero-order valence-electron chi connectivity index (χ0n) is 14.9. The van der Waals surface area contributed by atoms with E-state index in [4.69, 9.17) is 0 Å². The van der Waals surface area contributed by atoms with Gasteiger partial charge in [0.05, 0.1) is 16.4 Å². The van der Waals surface area contributed by atoms with Crippen LogP contribution in [0.4, 0.5) is 24.5 Å². The Balaban J connectivity index is 1.80. The molecule has 2 heterocycles. The molecule has 0 aromatic heterocycles. The van der Waals surface area contributed by atoms with Crippen molar-refractivity contribution < 1.29 is 22.8 Å². The molecule has 0 radical (unpaired) electrons. The molecule has 6 nitrogen and oxygen atoms in total. The summed E-state index contributed by atoms with van der Waals surface area (Å²) in [5, 5.41) is 7.10. The zero-order valence-corrected chi connectivity index (χ0v) is 15.7. The Bertz CT molecular complexity index is 1070. The van der Waals surface area contributed by atoms with Crippen LogP contribution in [0, 0.1) is 0 Å². The predicted octanol–water partition coefficient (Wildman–Crippen LogP) is 3.48. The Hall–Kier alpha value is -3.27. The molecule has 0 fully saturated rings. The quantitative estimate of drug-likeness (QED) is 0.721. The van der Waals surface area contributed by atoms with Crippen molar-refractivity contribution in [3.63, 3.8) is 0 Å². The zero-order chi connectivity index (χ0) is 20.8. The summed E-state index contributed by atoms with van der Waals surface area (Å²) in [5.41, 5.74) is 1.07. The monoisotopic (exact) mass is 418 g/mol. The molecule has 0 saturated carbocycles. The standard InChI is InChI=1S/C19H13F3N4O2S/c1-25-12-9-5-6-10-13(12)29-17(25)14-15(23-18(28)19(20,21)22)24-26(16(14)27)11-7-3-2-4-8-11/h2-10H,1H3,(H,23,24,28). The summed E-state index contributed by atoms with van der Waals surface area (Å²) < 4.78 is 38.5. The smallest absolute Gasteiger partial charge is 0.337 e. The Morgan fingerprint density at radius 3 is 2.38 bits per heavy atom. The minimum atomic E-state index is -5.11. The molecule has 2 aliphatic heterocycles. The highest BCUT2D eigenvalue weighted by atomic mass is 32.2. The fourth-order valence-corrected chi connectivity index (χ4v) is 4.11. The molecule has 0 saturated heterocycles. The Morgan fingerprint density at radius 1 is 1.07 bits per heavy atom. The molecule has 29 heavy (non-hydrogen) atoms. The van der Waals surface area contributed by atoms with Gasteiger partial charge in [-0.3, -0.25) is 9.59 Å². The Labute approximate surface area is 167 Å². The van der Waals surface area contributed by atoms with Crippen LogP contribution in [0.2, 0.25) is 0 Å². The number of thioether (sulfide) groups is 1. The molecule has 0 spiro atoms. The van der Waals surface area contributed by atoms with E-state index in [0.717, 1.165) is 15.6 Å². The largest absolute Gasteiger partial charge is 0.471 e. The number of rotatable bonds is 1. The third-order valence-electron chi connectivity index (χ3n) is 4.28. The van der Waals surface area contributed by atoms with Crippen molar-refractivity contribution in [2.45, 2.75) is 11.1 Å². The number of alkyl halides is 3. The van der Waals surface area contributed by atoms with Gasteiger partial charge in [-0.1, -0.05) is 42.1 Å². The van der Waals surface area contributed by atoms with Crippen LogP contribution in [-0.2, 0) is 9.59 Å². The number of amidine groups is 1. The van der Waals surface area contributed by atoms with E-state index in [0.29, 0.717) is 10.7 Å². The third-order valence-corrected chi connectivity index (χ3v) is 5.52. The molecular formula is C19H13F3N4O2S. The lowest BCUT2D eigenvalue weighted by Gasteiger charge is -2.17. The first-order valence-corrected chi connectivity index (χ1v) is 9.20. The average molecular weight is 418 g/mol. The summed E-state index contributed by atoms with van der Waals surface area (Å²) >= 11 is 1.23. The molecule has 2 amide bonds. The molecule has 0 bridgehead atoms. The number of carbonyl (C=O) groups is 2. The van der Waals surface area contributed by atoms with Gasteiger partial charge in [-0.2, -0.15) is 18.2 Å². The van der Waals surface area contributed by atoms with Gasteiger partial charge in [-0.15, -0.1) is 5.10 Å². The van der Waals surface area contributed by atoms with Crippen LogP contribution in [0.25, 0.3) is 0 Å². The number of para-hydroxylation sites is 2. The fourth-order valence-electron chi connectivity index (χ4n) is 2.93. The minimum Gasteiger partial charge on any atom is -0.337 e. The maximum Gasteiger partial charge on any atom is 0.471 e. The van der Waals surface area contributed by atoms with Gasteiger partial charge in [-0.25, -0.2) is 0 Å². The summed E-state index contributed by atoms with van der Waals surface area (Å²) in [6.45, 7) is 0. The lowest BCUT2D eigenvalue weighted by Crippen LogP contribution is -2.41. The molecule has 0 aliphatic carbocycles. The van der Waals surface area contributed by atoms with Crippen LogP contribution in [0.3, 0.4) is 0 Å². The molecule has 148 valence electrons. The minimum absolute atomic E-state index is 0.102. The lowest BCUT2D eigenvalue weighted by atomic mass is 10.2. The van der Waals surface area contributed by atoms with Gasteiger partial charge in [-0.05, 0) is 24.3 Å². The van der Waals surface area contributed by atoms with E-state index in [2.05, 4.69) is 5.10 Å². The highest BCUT2D eigenvalue weighted by Crippen LogP contribution is 2.47. The van der Waals surface area contributed by atoms with E-state index in [1.54, 1.807) is 47.6 Å². The summed E-state index contributed by atoms with van der Waals surface area (Å²) in [7, 11) is 1.70. The van der Waals surface area contributed by atoms with Gasteiger partial charge in [0.2, 0.25) is 0 Å². The van der Waals surface area contributed by atoms with Gasteiger partial charge in [0, 0.05) is 11.9 Å². The van der Waals surface area contributed by atoms with E-state index in [1.807, 2.05) is 24.3 Å². The van der Waals surface area contributed by atoms with E-state index >= 15 is 0 Å². The first-order valence-electron chi connectivity index (χ1n) is 8.39. The second-order valence-corrected chi connectivity index (χ2v) is 7.19. The molecule has 1 N–H and O–H groups in total. The van der Waals surface area contributed by atoms with E-state index < -0.39 is 23.8 Å². The molecule has 2 aromatic carbocycles. The summed E-state index contributed by atoms with van der Waals surface area (Å²) in [6, 6.07) is 15.6. The number of hydrazone groups is 1. The van der Waals surface area contributed by atoms with Crippen molar-refractivity contribution in [2.24, 2.45) is 5.10 Å². The topological polar surface area (TPSA) is 65.0 Å². The van der Waals surface area contributed by atoms with Crippen LogP contribution in [-0.4, -0.2) is 30.9 Å². The van der Waals surface area contributed by atoms with E-state index in [1.165, 1.54) is 11.8 Å². The van der Waals surface area contributed by atoms with Gasteiger partial charge in [0.1, 0.15) is 5.57 Å². The number of hydrogen-bond donors (Lipinski definition) is 1. The first kappa shape index (κ1) is 19.1. The van der Waals surface area contributed by atoms with Crippen molar-refractivity contribution >= 4 is 40.8 Å². The van der Waals surface area contributed by atoms with Crippen molar-refractivity contribution in [2.75, 3.05) is 17.0 Å². The van der Waals surface area contributed by atoms with Crippen molar-refractivity contribution in [1.29, 1.82) is 0 Å². The number of anilines is 2. The molecule has 0 unspecified atom stereocenters. The maximum absolute atomic E-state index is 13.1. The van der Waals surface area contributed by atoms with Crippen LogP contribution < -0.4 is 15.2 Å². The molecule has 0 atom stereocenters. The number of fused-ring (bicyclic) bond motifs is 1.